The van der Waals surface area contributed by atoms with E-state index in [-0.39, 0.29) is 5.75 Å². The Labute approximate surface area is 96.0 Å². The molecular weight excluding hydrogens is 234 g/mol. The molecule has 2 N–H and O–H groups in total. The first-order valence-corrected chi connectivity index (χ1v) is 6.45. The number of aliphatic hydroxyl groups is 1. The Bertz CT molecular complexity index is 330. The monoisotopic (exact) mass is 253 g/mol. The third-order valence-electron chi connectivity index (χ3n) is 1.61. The topological polar surface area (TPSA) is 92.7 Å². The van der Waals surface area contributed by atoms with Crippen LogP contribution < -0.4 is 4.72 Å². The highest BCUT2D eigenvalue weighted by atomic mass is 32.2. The summed E-state index contributed by atoms with van der Waals surface area (Å²) in [6.45, 7) is 4.66. The maximum atomic E-state index is 11.6. The van der Waals surface area contributed by atoms with Crippen LogP contribution in [-0.2, 0) is 19.6 Å². The van der Waals surface area contributed by atoms with Crippen LogP contribution in [0.5, 0.6) is 0 Å². The molecule has 0 aliphatic heterocycles. The van der Waals surface area contributed by atoms with Crippen molar-refractivity contribution in [1.82, 2.24) is 4.72 Å². The van der Waals surface area contributed by atoms with Crippen molar-refractivity contribution in [2.24, 2.45) is 5.41 Å². The summed E-state index contributed by atoms with van der Waals surface area (Å²) in [4.78, 5) is 11.1. The van der Waals surface area contributed by atoms with Gasteiger partial charge in [-0.15, -0.1) is 0 Å². The second-order valence-corrected chi connectivity index (χ2v) is 6.45. The number of hydrogen-bond acceptors (Lipinski definition) is 5. The van der Waals surface area contributed by atoms with Crippen LogP contribution in [0.1, 0.15) is 20.8 Å². The molecule has 1 atom stereocenters. The van der Waals surface area contributed by atoms with E-state index in [1.807, 2.05) is 0 Å². The van der Waals surface area contributed by atoms with Gasteiger partial charge in [-0.1, -0.05) is 20.8 Å². The molecule has 7 heteroatoms. The molecule has 0 aliphatic rings. The number of esters is 1. The summed E-state index contributed by atoms with van der Waals surface area (Å²) in [5.74, 6) is -0.937. The van der Waals surface area contributed by atoms with Crippen LogP contribution in [0, 0.1) is 5.41 Å². The largest absolute Gasteiger partial charge is 0.468 e. The van der Waals surface area contributed by atoms with Crippen LogP contribution in [-0.4, -0.2) is 45.0 Å². The average molecular weight is 253 g/mol. The first-order valence-electron chi connectivity index (χ1n) is 4.80. The molecule has 0 aromatic carbocycles. The highest BCUT2D eigenvalue weighted by Gasteiger charge is 2.28. The van der Waals surface area contributed by atoms with E-state index in [1.165, 1.54) is 0 Å². The molecule has 16 heavy (non-hydrogen) atoms. The lowest BCUT2D eigenvalue weighted by Crippen LogP contribution is -2.46. The second-order valence-electron chi connectivity index (χ2n) is 4.70. The Morgan fingerprint density at radius 3 is 2.25 bits per heavy atom. The summed E-state index contributed by atoms with van der Waals surface area (Å²) >= 11 is 0. The number of carbonyl (C=O) groups is 1. The first-order chi connectivity index (χ1) is 7.11. The fourth-order valence-electron chi connectivity index (χ4n) is 1.13. The number of ether oxygens (including phenoxy) is 1. The van der Waals surface area contributed by atoms with E-state index in [9.17, 15) is 13.2 Å². The van der Waals surface area contributed by atoms with Gasteiger partial charge in [-0.3, -0.25) is 4.79 Å². The number of nitrogens with one attached hydrogen (secondary N) is 1. The van der Waals surface area contributed by atoms with Crippen molar-refractivity contribution in [3.05, 3.63) is 0 Å². The molecule has 0 aromatic heterocycles. The first kappa shape index (κ1) is 15.3. The minimum Gasteiger partial charge on any atom is -0.468 e. The molecule has 0 spiro atoms. The van der Waals surface area contributed by atoms with Crippen molar-refractivity contribution in [1.29, 1.82) is 0 Å². The molecule has 0 heterocycles. The number of methoxy groups -OCH3 is 1. The van der Waals surface area contributed by atoms with Gasteiger partial charge in [0.1, 0.15) is 6.04 Å². The smallest absolute Gasteiger partial charge is 0.326 e. The summed E-state index contributed by atoms with van der Waals surface area (Å²) in [5.41, 5.74) is -0.429. The van der Waals surface area contributed by atoms with E-state index in [0.717, 1.165) is 7.11 Å². The SMILES string of the molecule is COC(=O)C(CO)NS(=O)(=O)CC(C)(C)C. The minimum atomic E-state index is -3.62. The Kier molecular flexibility index (Phi) is 5.37. The molecular formula is C9H19NO5S. The summed E-state index contributed by atoms with van der Waals surface area (Å²) in [7, 11) is -2.49. The van der Waals surface area contributed by atoms with Crippen molar-refractivity contribution >= 4 is 16.0 Å². The molecule has 0 saturated heterocycles. The molecule has 0 fully saturated rings. The zero-order chi connectivity index (χ0) is 13.0. The van der Waals surface area contributed by atoms with Crippen LogP contribution in [0.2, 0.25) is 0 Å². The standard InChI is InChI=1S/C9H19NO5S/c1-9(2,3)6-16(13,14)10-7(5-11)8(12)15-4/h7,10-11H,5-6H2,1-4H3. The summed E-state index contributed by atoms with van der Waals surface area (Å²) < 4.78 is 29.7. The lowest BCUT2D eigenvalue weighted by molar-refractivity contribution is -0.143. The van der Waals surface area contributed by atoms with Crippen LogP contribution in [0.3, 0.4) is 0 Å². The molecule has 0 aromatic rings. The van der Waals surface area contributed by atoms with Gasteiger partial charge in [0.2, 0.25) is 10.0 Å². The fraction of sp³-hybridized carbons (Fsp3) is 0.889. The summed E-state index contributed by atoms with van der Waals surface area (Å²) in [5, 5.41) is 8.86. The van der Waals surface area contributed by atoms with Crippen molar-refractivity contribution in [3.63, 3.8) is 0 Å². The van der Waals surface area contributed by atoms with Crippen molar-refractivity contribution in [2.75, 3.05) is 19.5 Å². The molecule has 1 unspecified atom stereocenters. The Balaban J connectivity index is 4.63. The van der Waals surface area contributed by atoms with E-state index in [4.69, 9.17) is 5.11 Å². The quantitative estimate of drug-likeness (QED) is 0.643. The number of aliphatic hydroxyl groups excluding tert-OH is 1. The Morgan fingerprint density at radius 2 is 1.94 bits per heavy atom. The summed E-state index contributed by atoms with van der Waals surface area (Å²) in [6, 6.07) is -1.24. The van der Waals surface area contributed by atoms with E-state index in [2.05, 4.69) is 9.46 Å². The molecule has 0 bridgehead atoms. The molecule has 6 nitrogen and oxygen atoms in total. The zero-order valence-corrected chi connectivity index (χ0v) is 10.8. The van der Waals surface area contributed by atoms with Gasteiger partial charge in [0.15, 0.2) is 0 Å². The zero-order valence-electron chi connectivity index (χ0n) is 9.98. The Hall–Kier alpha value is -0.660. The van der Waals surface area contributed by atoms with Gasteiger partial charge in [-0.05, 0) is 5.41 Å². The van der Waals surface area contributed by atoms with Gasteiger partial charge in [0.05, 0.1) is 19.5 Å². The summed E-state index contributed by atoms with van der Waals surface area (Å²) in [6.07, 6.45) is 0. The molecule has 0 aliphatic carbocycles. The predicted octanol–water partition coefficient (Wildman–Crippen LogP) is -0.514. The lowest BCUT2D eigenvalue weighted by atomic mass is 10.0. The van der Waals surface area contributed by atoms with Gasteiger partial charge in [-0.2, -0.15) is 4.72 Å². The highest BCUT2D eigenvalue weighted by Crippen LogP contribution is 2.15. The third-order valence-corrected chi connectivity index (χ3v) is 3.50. The van der Waals surface area contributed by atoms with Crippen molar-refractivity contribution in [2.45, 2.75) is 26.8 Å². The number of carbonyl (C=O) groups excluding carboxylic acids is 1. The molecule has 96 valence electrons. The molecule has 0 amide bonds. The van der Waals surface area contributed by atoms with Crippen LogP contribution >= 0.6 is 0 Å². The van der Waals surface area contributed by atoms with E-state index in [1.54, 1.807) is 20.8 Å². The second kappa shape index (κ2) is 5.60. The van der Waals surface area contributed by atoms with Gasteiger partial charge in [-0.25, -0.2) is 8.42 Å². The maximum absolute atomic E-state index is 11.6. The third kappa shape index (κ3) is 6.04. The van der Waals surface area contributed by atoms with Crippen LogP contribution in [0.25, 0.3) is 0 Å². The number of rotatable bonds is 5. The molecule has 0 rings (SSSR count). The highest BCUT2D eigenvalue weighted by molar-refractivity contribution is 7.89. The van der Waals surface area contributed by atoms with Gasteiger partial charge in [0, 0.05) is 0 Å². The predicted molar refractivity (Wildman–Crippen MR) is 59.3 cm³/mol. The number of hydrogen-bond donors (Lipinski definition) is 2. The van der Waals surface area contributed by atoms with Gasteiger partial charge >= 0.3 is 5.97 Å². The maximum Gasteiger partial charge on any atom is 0.326 e. The van der Waals surface area contributed by atoms with Crippen molar-refractivity contribution in [3.8, 4) is 0 Å². The van der Waals surface area contributed by atoms with Crippen LogP contribution in [0.15, 0.2) is 0 Å². The van der Waals surface area contributed by atoms with E-state index < -0.39 is 34.1 Å². The van der Waals surface area contributed by atoms with Gasteiger partial charge in [0.25, 0.3) is 0 Å². The fourth-order valence-corrected chi connectivity index (χ4v) is 2.96. The average Bonchev–Trinajstić information content (AvgIpc) is 2.09. The number of sulfonamides is 1. The molecule has 0 radical (unpaired) electrons. The minimum absolute atomic E-state index is 0.131. The Morgan fingerprint density at radius 1 is 1.44 bits per heavy atom. The molecule has 0 saturated carbocycles. The van der Waals surface area contributed by atoms with E-state index in [0.29, 0.717) is 0 Å². The van der Waals surface area contributed by atoms with Gasteiger partial charge < -0.3 is 9.84 Å². The normalized spacial score (nSPS) is 14.6. The van der Waals surface area contributed by atoms with Crippen molar-refractivity contribution < 1.29 is 23.1 Å². The lowest BCUT2D eigenvalue weighted by Gasteiger charge is -2.20. The van der Waals surface area contributed by atoms with Crippen LogP contribution in [0.4, 0.5) is 0 Å². The van der Waals surface area contributed by atoms with E-state index >= 15 is 0 Å².